The molecule has 0 spiro atoms. The third kappa shape index (κ3) is 2.22. The van der Waals surface area contributed by atoms with Crippen molar-refractivity contribution in [1.82, 2.24) is 5.32 Å². The predicted octanol–water partition coefficient (Wildman–Crippen LogP) is 3.80. The molecular formula is C18H14N2OS. The summed E-state index contributed by atoms with van der Waals surface area (Å²) in [4.78, 5) is 5.35. The number of thiocarbonyl (C=S) groups is 1. The summed E-state index contributed by atoms with van der Waals surface area (Å²) in [5, 5.41) is 3.28. The van der Waals surface area contributed by atoms with Gasteiger partial charge in [-0.1, -0.05) is 60.2 Å². The van der Waals surface area contributed by atoms with Gasteiger partial charge in [0, 0.05) is 5.56 Å². The minimum atomic E-state index is -0.203. The highest BCUT2D eigenvalue weighted by Gasteiger charge is 2.28. The Bertz CT molecular complexity index is 821. The monoisotopic (exact) mass is 306 g/mol. The zero-order valence-electron chi connectivity index (χ0n) is 12.0. The van der Waals surface area contributed by atoms with E-state index in [-0.39, 0.29) is 6.17 Å². The molecule has 2 aliphatic heterocycles. The fourth-order valence-corrected chi connectivity index (χ4v) is 2.84. The first-order chi connectivity index (χ1) is 10.7. The fourth-order valence-electron chi connectivity index (χ4n) is 2.59. The Kier molecular flexibility index (Phi) is 3.05. The topological polar surface area (TPSA) is 33.6 Å². The maximum atomic E-state index is 5.94. The zero-order valence-corrected chi connectivity index (χ0v) is 12.9. The normalized spacial score (nSPS) is 19.1. The third-order valence-corrected chi connectivity index (χ3v) is 4.15. The molecule has 0 fully saturated rings. The van der Waals surface area contributed by atoms with E-state index in [1.807, 2.05) is 30.3 Å². The van der Waals surface area contributed by atoms with Crippen LogP contribution in [-0.2, 0) is 0 Å². The molecule has 4 rings (SSSR count). The number of ether oxygens (including phenoxy) is 1. The second-order valence-electron chi connectivity index (χ2n) is 5.42. The van der Waals surface area contributed by atoms with Crippen molar-refractivity contribution in [2.24, 2.45) is 4.99 Å². The van der Waals surface area contributed by atoms with Crippen LogP contribution >= 0.6 is 12.2 Å². The van der Waals surface area contributed by atoms with Crippen molar-refractivity contribution < 1.29 is 4.74 Å². The second-order valence-corrected chi connectivity index (χ2v) is 5.83. The van der Waals surface area contributed by atoms with E-state index in [0.717, 1.165) is 22.4 Å². The van der Waals surface area contributed by atoms with Crippen molar-refractivity contribution in [3.63, 3.8) is 0 Å². The van der Waals surface area contributed by atoms with E-state index >= 15 is 0 Å². The Morgan fingerprint density at radius 1 is 1.09 bits per heavy atom. The summed E-state index contributed by atoms with van der Waals surface area (Å²) in [6.07, 6.45) is 1.82. The highest BCUT2D eigenvalue weighted by Crippen LogP contribution is 2.31. The maximum Gasteiger partial charge on any atom is 0.227 e. The van der Waals surface area contributed by atoms with Gasteiger partial charge in [-0.25, -0.2) is 4.99 Å². The molecule has 1 unspecified atom stereocenters. The Hall–Kier alpha value is -2.46. The Labute approximate surface area is 134 Å². The first kappa shape index (κ1) is 13.2. The van der Waals surface area contributed by atoms with E-state index in [1.165, 1.54) is 5.56 Å². The summed E-state index contributed by atoms with van der Waals surface area (Å²) in [6, 6.07) is 16.2. The minimum absolute atomic E-state index is 0.203. The lowest BCUT2D eigenvalue weighted by Crippen LogP contribution is -2.38. The lowest BCUT2D eigenvalue weighted by atomic mass is 10.0. The molecule has 0 aromatic heterocycles. The molecule has 108 valence electrons. The van der Waals surface area contributed by atoms with Gasteiger partial charge in [-0.05, 0) is 24.6 Å². The molecule has 22 heavy (non-hydrogen) atoms. The lowest BCUT2D eigenvalue weighted by molar-refractivity contribution is 0.523. The van der Waals surface area contributed by atoms with Gasteiger partial charge in [0.25, 0.3) is 0 Å². The molecule has 0 saturated carbocycles. The predicted molar refractivity (Wildman–Crippen MR) is 92.1 cm³/mol. The van der Waals surface area contributed by atoms with Gasteiger partial charge < -0.3 is 10.1 Å². The molecule has 0 aliphatic carbocycles. The first-order valence-corrected chi connectivity index (χ1v) is 7.56. The zero-order chi connectivity index (χ0) is 15.1. The molecule has 3 nitrogen and oxygen atoms in total. The van der Waals surface area contributed by atoms with E-state index in [0.29, 0.717) is 10.9 Å². The molecular weight excluding hydrogens is 292 g/mol. The number of fused-ring (bicyclic) bond motifs is 2. The smallest absolute Gasteiger partial charge is 0.227 e. The molecule has 2 aliphatic rings. The Morgan fingerprint density at radius 3 is 2.68 bits per heavy atom. The van der Waals surface area contributed by atoms with Crippen LogP contribution in [0.15, 0.2) is 59.1 Å². The summed E-state index contributed by atoms with van der Waals surface area (Å²) in [7, 11) is 0. The van der Waals surface area contributed by atoms with Gasteiger partial charge in [0.15, 0.2) is 0 Å². The largest absolute Gasteiger partial charge is 0.438 e. The molecule has 4 heteroatoms. The second kappa shape index (κ2) is 5.07. The highest BCUT2D eigenvalue weighted by molar-refractivity contribution is 7.80. The molecule has 2 aromatic carbocycles. The van der Waals surface area contributed by atoms with Gasteiger partial charge in [0.05, 0.1) is 5.57 Å². The van der Waals surface area contributed by atoms with Crippen LogP contribution in [0.3, 0.4) is 0 Å². The van der Waals surface area contributed by atoms with Crippen LogP contribution < -0.4 is 10.1 Å². The average Bonchev–Trinajstić information content (AvgIpc) is 2.54. The maximum absolute atomic E-state index is 5.94. The number of hydrogen-bond donors (Lipinski definition) is 1. The van der Waals surface area contributed by atoms with Gasteiger partial charge in [0.2, 0.25) is 5.90 Å². The molecule has 1 N–H and O–H groups in total. The number of nitrogens with one attached hydrogen (secondary N) is 1. The van der Waals surface area contributed by atoms with Crippen molar-refractivity contribution in [3.8, 4) is 5.75 Å². The van der Waals surface area contributed by atoms with Crippen molar-refractivity contribution >= 4 is 29.2 Å². The highest BCUT2D eigenvalue weighted by atomic mass is 32.1. The van der Waals surface area contributed by atoms with Crippen LogP contribution in [0, 0.1) is 6.92 Å². The standard InChI is InChI=1S/C18H14N2OS/c1-11-6-8-12(9-7-11)16-19-17-14(18(22)20-16)10-13-4-2-3-5-15(13)21-17/h2-10,16H,1H3,(H,20,22). The number of para-hydroxylation sites is 1. The summed E-state index contributed by atoms with van der Waals surface area (Å²) in [6.45, 7) is 2.07. The summed E-state index contributed by atoms with van der Waals surface area (Å²) >= 11 is 5.50. The van der Waals surface area contributed by atoms with E-state index in [2.05, 4.69) is 41.5 Å². The van der Waals surface area contributed by atoms with Gasteiger partial charge in [-0.15, -0.1) is 0 Å². The molecule has 2 heterocycles. The Morgan fingerprint density at radius 2 is 1.86 bits per heavy atom. The number of aliphatic imine (C=N–C) groups is 1. The minimum Gasteiger partial charge on any atom is -0.438 e. The lowest BCUT2D eigenvalue weighted by Gasteiger charge is -2.28. The third-order valence-electron chi connectivity index (χ3n) is 3.81. The molecule has 0 radical (unpaired) electrons. The van der Waals surface area contributed by atoms with Crippen LogP contribution in [0.2, 0.25) is 0 Å². The van der Waals surface area contributed by atoms with E-state index in [4.69, 9.17) is 17.0 Å². The SMILES string of the molecule is Cc1ccc(C2N=C3Oc4ccccc4C=C3C(=S)N2)cc1. The number of benzene rings is 2. The number of rotatable bonds is 1. The van der Waals surface area contributed by atoms with Gasteiger partial charge in [-0.2, -0.15) is 0 Å². The van der Waals surface area contributed by atoms with Crippen molar-refractivity contribution in [2.45, 2.75) is 13.1 Å². The van der Waals surface area contributed by atoms with Crippen LogP contribution in [0.25, 0.3) is 6.08 Å². The molecule has 1 atom stereocenters. The first-order valence-electron chi connectivity index (χ1n) is 7.15. The van der Waals surface area contributed by atoms with E-state index < -0.39 is 0 Å². The summed E-state index contributed by atoms with van der Waals surface area (Å²) in [5.74, 6) is 1.41. The van der Waals surface area contributed by atoms with E-state index in [9.17, 15) is 0 Å². The Balaban J connectivity index is 1.75. The van der Waals surface area contributed by atoms with Crippen LogP contribution in [0.4, 0.5) is 0 Å². The molecule has 0 saturated heterocycles. The summed E-state index contributed by atoms with van der Waals surface area (Å²) in [5.41, 5.74) is 4.16. The molecule has 2 aromatic rings. The molecule has 0 amide bonds. The van der Waals surface area contributed by atoms with Crippen LogP contribution in [0.1, 0.15) is 22.9 Å². The number of nitrogens with zero attached hydrogens (tertiary/aromatic N) is 1. The van der Waals surface area contributed by atoms with Crippen LogP contribution in [0.5, 0.6) is 5.75 Å². The van der Waals surface area contributed by atoms with Gasteiger partial charge in [0.1, 0.15) is 16.9 Å². The average molecular weight is 306 g/mol. The quantitative estimate of drug-likeness (QED) is 0.814. The van der Waals surface area contributed by atoms with Crippen molar-refractivity contribution in [2.75, 3.05) is 0 Å². The van der Waals surface area contributed by atoms with Gasteiger partial charge >= 0.3 is 0 Å². The van der Waals surface area contributed by atoms with Crippen LogP contribution in [-0.4, -0.2) is 10.9 Å². The summed E-state index contributed by atoms with van der Waals surface area (Å²) < 4.78 is 5.94. The van der Waals surface area contributed by atoms with Crippen molar-refractivity contribution in [1.29, 1.82) is 0 Å². The molecule has 0 bridgehead atoms. The van der Waals surface area contributed by atoms with Gasteiger partial charge in [-0.3, -0.25) is 0 Å². The fraction of sp³-hybridized carbons (Fsp3) is 0.111. The number of aryl methyl sites for hydroxylation is 1. The number of hydrogen-bond acceptors (Lipinski definition) is 3. The van der Waals surface area contributed by atoms with Crippen molar-refractivity contribution in [3.05, 3.63) is 70.8 Å². The van der Waals surface area contributed by atoms with E-state index in [1.54, 1.807) is 0 Å².